The zero-order chi connectivity index (χ0) is 17.2. The predicted molar refractivity (Wildman–Crippen MR) is 101 cm³/mol. The van der Waals surface area contributed by atoms with Crippen LogP contribution in [0.5, 0.6) is 0 Å². The average Bonchev–Trinajstić information content (AvgIpc) is 2.92. The first-order valence-corrected chi connectivity index (χ1v) is 10.1. The van der Waals surface area contributed by atoms with Crippen LogP contribution in [0.2, 0.25) is 5.02 Å². The Hall–Kier alpha value is -1.26. The first kappa shape index (κ1) is 17.2. The van der Waals surface area contributed by atoms with E-state index in [2.05, 4.69) is 4.90 Å². The average molecular weight is 363 g/mol. The summed E-state index contributed by atoms with van der Waals surface area (Å²) in [6.45, 7) is 4.27. The van der Waals surface area contributed by atoms with E-state index in [4.69, 9.17) is 16.1 Å². The van der Waals surface area contributed by atoms with Gasteiger partial charge in [0, 0.05) is 17.6 Å². The highest BCUT2D eigenvalue weighted by Gasteiger charge is 2.24. The zero-order valence-electron chi connectivity index (χ0n) is 14.8. The van der Waals surface area contributed by atoms with Gasteiger partial charge >= 0.3 is 0 Å². The molecule has 0 bridgehead atoms. The first-order chi connectivity index (χ1) is 12.2. The fourth-order valence-electron chi connectivity index (χ4n) is 4.48. The molecule has 1 aliphatic heterocycles. The van der Waals surface area contributed by atoms with Crippen LogP contribution >= 0.6 is 11.6 Å². The van der Waals surface area contributed by atoms with Crippen molar-refractivity contribution in [2.24, 2.45) is 11.8 Å². The number of fused-ring (bicyclic) bond motifs is 1. The minimum absolute atomic E-state index is 0.0312. The highest BCUT2D eigenvalue weighted by molar-refractivity contribution is 6.31. The predicted octanol–water partition coefficient (Wildman–Crippen LogP) is 4.54. The fourth-order valence-corrected chi connectivity index (χ4v) is 4.65. The Labute approximate surface area is 153 Å². The second-order valence-electron chi connectivity index (χ2n) is 7.85. The van der Waals surface area contributed by atoms with Gasteiger partial charge in [-0.05, 0) is 62.7 Å². The molecular formula is C20H27ClN2O2. The summed E-state index contributed by atoms with van der Waals surface area (Å²) >= 11 is 5.99. The quantitative estimate of drug-likeness (QED) is 0.801. The van der Waals surface area contributed by atoms with E-state index in [1.807, 2.05) is 0 Å². The Morgan fingerprint density at radius 2 is 1.72 bits per heavy atom. The van der Waals surface area contributed by atoms with Crippen molar-refractivity contribution in [3.05, 3.63) is 33.6 Å². The third-order valence-electron chi connectivity index (χ3n) is 5.98. The van der Waals surface area contributed by atoms with E-state index in [0.29, 0.717) is 28.5 Å². The van der Waals surface area contributed by atoms with Crippen LogP contribution in [-0.4, -0.2) is 29.3 Å². The van der Waals surface area contributed by atoms with Crippen LogP contribution in [0, 0.1) is 11.8 Å². The Balaban J connectivity index is 1.34. The molecule has 1 aromatic heterocycles. The van der Waals surface area contributed by atoms with Gasteiger partial charge in [-0.2, -0.15) is 4.74 Å². The molecule has 1 aromatic carbocycles. The van der Waals surface area contributed by atoms with Gasteiger partial charge in [-0.1, -0.05) is 30.9 Å². The molecule has 5 heteroatoms. The van der Waals surface area contributed by atoms with Crippen molar-refractivity contribution >= 4 is 22.6 Å². The van der Waals surface area contributed by atoms with Crippen molar-refractivity contribution in [1.82, 2.24) is 9.64 Å². The van der Waals surface area contributed by atoms with E-state index in [1.54, 1.807) is 18.2 Å². The minimum atomic E-state index is -0.0312. The van der Waals surface area contributed by atoms with Crippen LogP contribution in [0.25, 0.3) is 11.0 Å². The largest absolute Gasteiger partial charge is 0.376 e. The molecule has 1 saturated heterocycles. The highest BCUT2D eigenvalue weighted by Crippen LogP contribution is 2.27. The number of halogens is 1. The molecule has 0 spiro atoms. The molecule has 25 heavy (non-hydrogen) atoms. The number of aromatic nitrogens is 1. The summed E-state index contributed by atoms with van der Waals surface area (Å²) in [6, 6.07) is 5.23. The van der Waals surface area contributed by atoms with E-state index in [0.717, 1.165) is 31.8 Å². The molecule has 0 unspecified atom stereocenters. The van der Waals surface area contributed by atoms with Crippen molar-refractivity contribution in [2.45, 2.75) is 51.5 Å². The normalized spacial score (nSPS) is 21.2. The molecule has 2 aliphatic rings. The second-order valence-corrected chi connectivity index (χ2v) is 8.28. The number of hydrogen-bond acceptors (Lipinski definition) is 3. The number of piperidine rings is 1. The van der Waals surface area contributed by atoms with Crippen molar-refractivity contribution < 1.29 is 4.52 Å². The van der Waals surface area contributed by atoms with Crippen LogP contribution in [0.15, 0.2) is 27.5 Å². The molecule has 4 nitrogen and oxygen atoms in total. The molecule has 2 heterocycles. The van der Waals surface area contributed by atoms with Crippen molar-refractivity contribution in [1.29, 1.82) is 0 Å². The summed E-state index contributed by atoms with van der Waals surface area (Å²) in [7, 11) is 0. The topological polar surface area (TPSA) is 38.4 Å². The Morgan fingerprint density at radius 1 is 1.00 bits per heavy atom. The SMILES string of the molecule is O=c1c2ccc(Cl)cc2on1CC1CCN(CC2CCCCC2)CC1. The number of nitrogens with zero attached hydrogens (tertiary/aromatic N) is 2. The van der Waals surface area contributed by atoms with Gasteiger partial charge in [0.2, 0.25) is 0 Å². The molecule has 4 rings (SSSR count). The molecule has 2 fully saturated rings. The Morgan fingerprint density at radius 3 is 2.48 bits per heavy atom. The van der Waals surface area contributed by atoms with Crippen LogP contribution < -0.4 is 5.56 Å². The molecule has 0 N–H and O–H groups in total. The van der Waals surface area contributed by atoms with Gasteiger partial charge in [-0.15, -0.1) is 0 Å². The molecule has 0 amide bonds. The smallest absolute Gasteiger partial charge is 0.290 e. The summed E-state index contributed by atoms with van der Waals surface area (Å²) in [4.78, 5) is 15.1. The van der Waals surface area contributed by atoms with E-state index in [9.17, 15) is 4.79 Å². The van der Waals surface area contributed by atoms with E-state index in [-0.39, 0.29) is 5.56 Å². The third kappa shape index (κ3) is 3.95. The van der Waals surface area contributed by atoms with Crippen molar-refractivity contribution in [2.75, 3.05) is 19.6 Å². The van der Waals surface area contributed by atoms with Gasteiger partial charge in [0.05, 0.1) is 11.9 Å². The van der Waals surface area contributed by atoms with E-state index in [1.165, 1.54) is 43.4 Å². The maximum Gasteiger partial charge on any atom is 0.290 e. The van der Waals surface area contributed by atoms with Gasteiger partial charge < -0.3 is 9.42 Å². The van der Waals surface area contributed by atoms with Gasteiger partial charge in [0.1, 0.15) is 0 Å². The van der Waals surface area contributed by atoms with Crippen molar-refractivity contribution in [3.8, 4) is 0 Å². The number of rotatable bonds is 4. The van der Waals surface area contributed by atoms with E-state index < -0.39 is 0 Å². The lowest BCUT2D eigenvalue weighted by atomic mass is 9.88. The summed E-state index contributed by atoms with van der Waals surface area (Å²) in [5.41, 5.74) is 0.559. The van der Waals surface area contributed by atoms with Gasteiger partial charge in [0.15, 0.2) is 5.58 Å². The molecule has 2 aromatic rings. The van der Waals surface area contributed by atoms with Gasteiger partial charge in [-0.3, -0.25) is 4.79 Å². The number of likely N-dealkylation sites (tertiary alicyclic amines) is 1. The standard InChI is InChI=1S/C20H27ClN2O2/c21-17-6-7-18-19(12-17)25-23(20(18)24)14-16-8-10-22(11-9-16)13-15-4-2-1-3-5-15/h6-7,12,15-16H,1-5,8-11,13-14H2. The lowest BCUT2D eigenvalue weighted by Gasteiger charge is -2.35. The summed E-state index contributed by atoms with van der Waals surface area (Å²) in [5.74, 6) is 1.43. The van der Waals surface area contributed by atoms with Crippen LogP contribution in [0.4, 0.5) is 0 Å². The first-order valence-electron chi connectivity index (χ1n) is 9.71. The highest BCUT2D eigenvalue weighted by atomic mass is 35.5. The van der Waals surface area contributed by atoms with Crippen LogP contribution in [0.1, 0.15) is 44.9 Å². The van der Waals surface area contributed by atoms with Crippen LogP contribution in [0.3, 0.4) is 0 Å². The number of hydrogen-bond donors (Lipinski definition) is 0. The molecule has 136 valence electrons. The zero-order valence-corrected chi connectivity index (χ0v) is 15.5. The maximum atomic E-state index is 12.5. The fraction of sp³-hybridized carbons (Fsp3) is 0.650. The summed E-state index contributed by atoms with van der Waals surface area (Å²) in [6.07, 6.45) is 9.39. The monoisotopic (exact) mass is 362 g/mol. The molecule has 1 aliphatic carbocycles. The van der Waals surface area contributed by atoms with Gasteiger partial charge in [-0.25, -0.2) is 0 Å². The Kier molecular flexibility index (Phi) is 5.18. The van der Waals surface area contributed by atoms with Crippen molar-refractivity contribution in [3.63, 3.8) is 0 Å². The summed E-state index contributed by atoms with van der Waals surface area (Å²) in [5, 5.41) is 1.23. The minimum Gasteiger partial charge on any atom is -0.376 e. The van der Waals surface area contributed by atoms with Crippen LogP contribution in [-0.2, 0) is 6.54 Å². The molecule has 0 atom stereocenters. The molecule has 0 radical (unpaired) electrons. The Bertz CT molecular complexity index is 768. The molecular weight excluding hydrogens is 336 g/mol. The molecule has 1 saturated carbocycles. The lowest BCUT2D eigenvalue weighted by Crippen LogP contribution is -2.39. The second kappa shape index (κ2) is 7.55. The van der Waals surface area contributed by atoms with E-state index >= 15 is 0 Å². The summed E-state index contributed by atoms with van der Waals surface area (Å²) < 4.78 is 7.27. The number of benzene rings is 1. The van der Waals surface area contributed by atoms with Gasteiger partial charge in [0.25, 0.3) is 5.56 Å². The lowest BCUT2D eigenvalue weighted by molar-refractivity contribution is 0.123. The third-order valence-corrected chi connectivity index (χ3v) is 6.22. The maximum absolute atomic E-state index is 12.5.